The molecule has 0 saturated heterocycles. The average Bonchev–Trinajstić information content (AvgIpc) is 2.32. The van der Waals surface area contributed by atoms with Gasteiger partial charge in [-0.25, -0.2) is 13.1 Å². The summed E-state index contributed by atoms with van der Waals surface area (Å²) in [5.74, 6) is 0.847. The molecule has 0 bridgehead atoms. The molecule has 0 aliphatic carbocycles. The van der Waals surface area contributed by atoms with Crippen LogP contribution in [0.15, 0.2) is 24.3 Å². The van der Waals surface area contributed by atoms with Crippen LogP contribution in [0.4, 0.5) is 0 Å². The van der Waals surface area contributed by atoms with Gasteiger partial charge in [-0.3, -0.25) is 0 Å². The molecule has 0 aliphatic rings. The Morgan fingerprint density at radius 3 is 2.30 bits per heavy atom. The average molecular weight is 300 g/mol. The van der Waals surface area contributed by atoms with Crippen molar-refractivity contribution in [3.8, 4) is 5.75 Å². The van der Waals surface area contributed by atoms with Crippen LogP contribution in [0.3, 0.4) is 0 Å². The van der Waals surface area contributed by atoms with Gasteiger partial charge in [0.25, 0.3) is 0 Å². The lowest BCUT2D eigenvalue weighted by Crippen LogP contribution is -2.50. The molecular formula is C14H24N2O3S. The first-order chi connectivity index (χ1) is 9.22. The predicted octanol–water partition coefficient (Wildman–Crippen LogP) is 1.16. The molecule has 1 aromatic rings. The van der Waals surface area contributed by atoms with Crippen LogP contribution < -0.4 is 14.8 Å². The Morgan fingerprint density at radius 2 is 1.80 bits per heavy atom. The Balaban J connectivity index is 2.33. The monoisotopic (exact) mass is 300 g/mol. The SMILES string of the molecule is COc1ccc(CCNCC(C)(C)NS(C)(=O)=O)cc1. The molecule has 6 heteroatoms. The van der Waals surface area contributed by atoms with Crippen molar-refractivity contribution >= 4 is 10.0 Å². The van der Waals surface area contributed by atoms with Crippen molar-refractivity contribution in [3.05, 3.63) is 29.8 Å². The van der Waals surface area contributed by atoms with Crippen molar-refractivity contribution < 1.29 is 13.2 Å². The Morgan fingerprint density at radius 1 is 1.20 bits per heavy atom. The van der Waals surface area contributed by atoms with Gasteiger partial charge in [-0.1, -0.05) is 12.1 Å². The molecule has 0 unspecified atom stereocenters. The second-order valence-corrected chi connectivity index (χ2v) is 7.28. The number of benzene rings is 1. The Hall–Kier alpha value is -1.11. The lowest BCUT2D eigenvalue weighted by atomic mass is 10.1. The number of sulfonamides is 1. The lowest BCUT2D eigenvalue weighted by molar-refractivity contribution is 0.414. The molecule has 0 saturated carbocycles. The quantitative estimate of drug-likeness (QED) is 0.707. The van der Waals surface area contributed by atoms with E-state index in [-0.39, 0.29) is 0 Å². The van der Waals surface area contributed by atoms with Gasteiger partial charge in [0, 0.05) is 12.1 Å². The molecule has 0 aromatic heterocycles. The van der Waals surface area contributed by atoms with E-state index < -0.39 is 15.6 Å². The minimum absolute atomic E-state index is 0.493. The zero-order valence-electron chi connectivity index (χ0n) is 12.6. The van der Waals surface area contributed by atoms with E-state index in [2.05, 4.69) is 10.0 Å². The molecule has 0 atom stereocenters. The molecule has 0 fully saturated rings. The van der Waals surface area contributed by atoms with Crippen LogP contribution in [0.5, 0.6) is 5.75 Å². The van der Waals surface area contributed by atoms with E-state index in [4.69, 9.17) is 4.74 Å². The zero-order chi connectivity index (χ0) is 15.2. The third-order valence-corrected chi connectivity index (χ3v) is 3.70. The van der Waals surface area contributed by atoms with Gasteiger partial charge in [0.2, 0.25) is 10.0 Å². The van der Waals surface area contributed by atoms with Crippen LogP contribution in [0, 0.1) is 0 Å². The molecule has 1 rings (SSSR count). The summed E-state index contributed by atoms with van der Waals surface area (Å²) in [6.07, 6.45) is 2.06. The van der Waals surface area contributed by atoms with Gasteiger partial charge in [-0.2, -0.15) is 0 Å². The maximum absolute atomic E-state index is 11.2. The Labute approximate surface area is 121 Å². The first-order valence-electron chi connectivity index (χ1n) is 6.54. The van der Waals surface area contributed by atoms with Gasteiger partial charge >= 0.3 is 0 Å². The number of rotatable bonds is 8. The molecule has 0 amide bonds. The minimum atomic E-state index is -3.18. The van der Waals surface area contributed by atoms with Gasteiger partial charge in [0.1, 0.15) is 5.75 Å². The molecule has 2 N–H and O–H groups in total. The minimum Gasteiger partial charge on any atom is -0.497 e. The summed E-state index contributed by atoms with van der Waals surface area (Å²) in [7, 11) is -1.54. The summed E-state index contributed by atoms with van der Waals surface area (Å²) in [5, 5.41) is 3.27. The summed E-state index contributed by atoms with van der Waals surface area (Å²) < 4.78 is 30.1. The molecule has 0 aliphatic heterocycles. The van der Waals surface area contributed by atoms with E-state index in [1.807, 2.05) is 38.1 Å². The highest BCUT2D eigenvalue weighted by molar-refractivity contribution is 7.88. The van der Waals surface area contributed by atoms with Gasteiger partial charge in [0.05, 0.1) is 13.4 Å². The van der Waals surface area contributed by atoms with Gasteiger partial charge in [0.15, 0.2) is 0 Å². The van der Waals surface area contributed by atoms with Crippen molar-refractivity contribution in [2.75, 3.05) is 26.5 Å². The zero-order valence-corrected chi connectivity index (χ0v) is 13.4. The molecule has 1 aromatic carbocycles. The fraction of sp³-hybridized carbons (Fsp3) is 0.571. The molecule has 0 heterocycles. The van der Waals surface area contributed by atoms with Gasteiger partial charge < -0.3 is 10.1 Å². The largest absolute Gasteiger partial charge is 0.497 e. The van der Waals surface area contributed by atoms with Crippen LogP contribution in [-0.4, -0.2) is 40.4 Å². The smallest absolute Gasteiger partial charge is 0.209 e. The van der Waals surface area contributed by atoms with E-state index in [0.717, 1.165) is 18.7 Å². The van der Waals surface area contributed by atoms with Crippen LogP contribution in [0.2, 0.25) is 0 Å². The van der Waals surface area contributed by atoms with Crippen molar-refractivity contribution in [1.29, 1.82) is 0 Å². The molecule has 5 nitrogen and oxygen atoms in total. The van der Waals surface area contributed by atoms with Crippen molar-refractivity contribution in [3.63, 3.8) is 0 Å². The first-order valence-corrected chi connectivity index (χ1v) is 8.44. The van der Waals surface area contributed by atoms with E-state index in [9.17, 15) is 8.42 Å². The van der Waals surface area contributed by atoms with Crippen LogP contribution in [0.1, 0.15) is 19.4 Å². The summed E-state index contributed by atoms with van der Waals surface area (Å²) in [6.45, 7) is 5.08. The number of hydrogen-bond acceptors (Lipinski definition) is 4. The summed E-state index contributed by atoms with van der Waals surface area (Å²) >= 11 is 0. The maximum atomic E-state index is 11.2. The number of ether oxygens (including phenoxy) is 1. The third kappa shape index (κ3) is 6.88. The second-order valence-electron chi connectivity index (χ2n) is 5.53. The van der Waals surface area contributed by atoms with Crippen LogP contribution in [0.25, 0.3) is 0 Å². The van der Waals surface area contributed by atoms with Crippen LogP contribution >= 0.6 is 0 Å². The fourth-order valence-corrected chi connectivity index (χ4v) is 3.04. The van der Waals surface area contributed by atoms with Gasteiger partial charge in [-0.05, 0) is 44.5 Å². The molecule has 0 radical (unpaired) electrons. The first kappa shape index (κ1) is 16.9. The Bertz CT molecular complexity index is 510. The second kappa shape index (κ2) is 7.06. The third-order valence-electron chi connectivity index (χ3n) is 2.78. The standard InChI is InChI=1S/C14H24N2O3S/c1-14(2,16-20(4,17)18)11-15-10-9-12-5-7-13(19-3)8-6-12/h5-8,15-16H,9-11H2,1-4H3. The predicted molar refractivity (Wildman–Crippen MR) is 81.6 cm³/mol. The summed E-state index contributed by atoms with van der Waals surface area (Å²) in [6, 6.07) is 7.93. The maximum Gasteiger partial charge on any atom is 0.209 e. The highest BCUT2D eigenvalue weighted by Crippen LogP contribution is 2.11. The topological polar surface area (TPSA) is 67.4 Å². The van der Waals surface area contributed by atoms with E-state index in [0.29, 0.717) is 6.54 Å². The molecule has 20 heavy (non-hydrogen) atoms. The fourth-order valence-electron chi connectivity index (χ4n) is 1.96. The highest BCUT2D eigenvalue weighted by Gasteiger charge is 2.21. The van der Waals surface area contributed by atoms with Crippen LogP contribution in [-0.2, 0) is 16.4 Å². The van der Waals surface area contributed by atoms with Gasteiger partial charge in [-0.15, -0.1) is 0 Å². The molecular weight excluding hydrogens is 276 g/mol. The van der Waals surface area contributed by atoms with Crippen molar-refractivity contribution in [2.24, 2.45) is 0 Å². The summed E-state index contributed by atoms with van der Waals surface area (Å²) in [4.78, 5) is 0. The van der Waals surface area contributed by atoms with Crippen molar-refractivity contribution in [2.45, 2.75) is 25.8 Å². The molecule has 114 valence electrons. The van der Waals surface area contributed by atoms with E-state index in [1.165, 1.54) is 11.8 Å². The number of hydrogen-bond donors (Lipinski definition) is 2. The molecule has 0 spiro atoms. The highest BCUT2D eigenvalue weighted by atomic mass is 32.2. The number of methoxy groups -OCH3 is 1. The van der Waals surface area contributed by atoms with E-state index in [1.54, 1.807) is 7.11 Å². The summed E-state index contributed by atoms with van der Waals surface area (Å²) in [5.41, 5.74) is 0.722. The lowest BCUT2D eigenvalue weighted by Gasteiger charge is -2.25. The number of nitrogens with one attached hydrogen (secondary N) is 2. The van der Waals surface area contributed by atoms with E-state index >= 15 is 0 Å². The van der Waals surface area contributed by atoms with Crippen molar-refractivity contribution in [1.82, 2.24) is 10.0 Å². The Kier molecular flexibility index (Phi) is 5.98. The normalized spacial score (nSPS) is 12.4.